The van der Waals surface area contributed by atoms with Crippen LogP contribution < -0.4 is 5.32 Å². The number of esters is 1. The molecule has 7 nitrogen and oxygen atoms in total. The molecular weight excluding hydrogens is 414 g/mol. The lowest BCUT2D eigenvalue weighted by Crippen LogP contribution is -2.51. The summed E-state index contributed by atoms with van der Waals surface area (Å²) in [6.07, 6.45) is 2.90. The number of carbonyl (C=O) groups excluding carboxylic acids is 2. The Hall–Kier alpha value is -2.00. The fraction of sp³-hybridized carbons (Fsp3) is 0.450. The van der Waals surface area contributed by atoms with Crippen LogP contribution in [0.4, 0.5) is 5.13 Å². The van der Waals surface area contributed by atoms with Crippen LogP contribution in [0.2, 0.25) is 5.02 Å². The maximum absolute atomic E-state index is 12.3. The second kappa shape index (κ2) is 9.67. The molecule has 0 saturated carbocycles. The zero-order valence-electron chi connectivity index (χ0n) is 16.2. The van der Waals surface area contributed by atoms with E-state index in [1.165, 1.54) is 11.3 Å². The van der Waals surface area contributed by atoms with E-state index in [1.807, 2.05) is 29.2 Å². The fourth-order valence-corrected chi connectivity index (χ4v) is 4.24. The molecule has 0 radical (unpaired) electrons. The van der Waals surface area contributed by atoms with Gasteiger partial charge >= 0.3 is 5.97 Å². The number of ether oxygens (including phenoxy) is 1. The molecule has 2 aromatic rings. The number of nitrogens with zero attached hydrogens (tertiary/aromatic N) is 2. The van der Waals surface area contributed by atoms with Crippen LogP contribution in [0, 0.1) is 0 Å². The van der Waals surface area contributed by atoms with Crippen molar-refractivity contribution < 1.29 is 19.4 Å². The molecular formula is C20H24ClN3O4S. The van der Waals surface area contributed by atoms with Gasteiger partial charge in [0.2, 0.25) is 5.91 Å². The van der Waals surface area contributed by atoms with Gasteiger partial charge in [-0.25, -0.2) is 9.78 Å². The van der Waals surface area contributed by atoms with Crippen molar-refractivity contribution in [1.82, 2.24) is 9.88 Å². The number of halogens is 1. The number of likely N-dealkylation sites (tertiary alicyclic amines) is 1. The van der Waals surface area contributed by atoms with Crippen LogP contribution in [0.15, 0.2) is 30.5 Å². The number of hydrogen-bond donors (Lipinski definition) is 2. The summed E-state index contributed by atoms with van der Waals surface area (Å²) in [5.74, 6) is -0.761. The Labute approximate surface area is 178 Å². The van der Waals surface area contributed by atoms with Crippen molar-refractivity contribution in [1.29, 1.82) is 0 Å². The molecule has 0 spiro atoms. The van der Waals surface area contributed by atoms with E-state index in [2.05, 4.69) is 10.3 Å². The third-order valence-electron chi connectivity index (χ3n) is 4.83. The molecule has 1 amide bonds. The molecule has 1 aliphatic heterocycles. The van der Waals surface area contributed by atoms with Gasteiger partial charge in [0.15, 0.2) is 10.7 Å². The number of anilines is 1. The maximum Gasteiger partial charge on any atom is 0.338 e. The minimum Gasteiger partial charge on any atom is -0.464 e. The van der Waals surface area contributed by atoms with Crippen LogP contribution in [0.5, 0.6) is 0 Å². The number of piperidine rings is 1. The average molecular weight is 438 g/mol. The van der Waals surface area contributed by atoms with Crippen LogP contribution in [-0.2, 0) is 20.7 Å². The van der Waals surface area contributed by atoms with E-state index < -0.39 is 11.6 Å². The Balaban J connectivity index is 1.48. The van der Waals surface area contributed by atoms with Gasteiger partial charge in [-0.2, -0.15) is 0 Å². The smallest absolute Gasteiger partial charge is 0.338 e. The Morgan fingerprint density at radius 3 is 2.76 bits per heavy atom. The summed E-state index contributed by atoms with van der Waals surface area (Å²) in [7, 11) is 0. The summed E-state index contributed by atoms with van der Waals surface area (Å²) in [6.45, 7) is 3.01. The Kier molecular flexibility index (Phi) is 7.23. The summed E-state index contributed by atoms with van der Waals surface area (Å²) in [6, 6.07) is 7.64. The molecule has 1 aromatic heterocycles. The zero-order chi connectivity index (χ0) is 20.9. The molecule has 9 heteroatoms. The number of aliphatic hydroxyl groups is 1. The first-order valence-electron chi connectivity index (χ1n) is 9.49. The lowest BCUT2D eigenvalue weighted by Gasteiger charge is -2.35. The highest BCUT2D eigenvalue weighted by Crippen LogP contribution is 2.26. The molecule has 0 unspecified atom stereocenters. The van der Waals surface area contributed by atoms with Crippen molar-refractivity contribution in [3.63, 3.8) is 0 Å². The van der Waals surface area contributed by atoms with Crippen molar-refractivity contribution in [3.8, 4) is 0 Å². The second-order valence-corrected chi connectivity index (χ2v) is 8.50. The van der Waals surface area contributed by atoms with Gasteiger partial charge in [-0.05, 0) is 31.4 Å². The molecule has 1 aliphatic rings. The summed E-state index contributed by atoms with van der Waals surface area (Å²) < 4.78 is 4.93. The van der Waals surface area contributed by atoms with Crippen molar-refractivity contribution in [2.45, 2.75) is 31.8 Å². The Morgan fingerprint density at radius 2 is 2.07 bits per heavy atom. The maximum atomic E-state index is 12.3. The van der Waals surface area contributed by atoms with E-state index in [-0.39, 0.29) is 31.9 Å². The number of hydrogen-bond acceptors (Lipinski definition) is 7. The number of benzene rings is 1. The molecule has 0 atom stereocenters. The van der Waals surface area contributed by atoms with E-state index in [9.17, 15) is 14.7 Å². The number of nitrogens with one attached hydrogen (secondary N) is 1. The van der Waals surface area contributed by atoms with Crippen molar-refractivity contribution in [2.24, 2.45) is 0 Å². The number of aromatic nitrogens is 1. The number of amides is 1. The van der Waals surface area contributed by atoms with Gasteiger partial charge < -0.3 is 15.2 Å². The highest BCUT2D eigenvalue weighted by Gasteiger charge is 2.40. The highest BCUT2D eigenvalue weighted by molar-refractivity contribution is 7.15. The standard InChI is InChI=1S/C20H24ClN3O4S/c1-2-28-18(26)20(27)7-9-24(10-8-20)13-17(25)23-19-22-12-15(29-19)11-14-5-3-4-6-16(14)21/h3-6,12,27H,2,7-11,13H2,1H3,(H,22,23,25). The minimum absolute atomic E-state index is 0.176. The predicted octanol–water partition coefficient (Wildman–Crippen LogP) is 2.72. The van der Waals surface area contributed by atoms with Gasteiger partial charge in [0, 0.05) is 35.6 Å². The van der Waals surface area contributed by atoms with Crippen molar-refractivity contribution >= 4 is 39.9 Å². The molecule has 3 rings (SSSR count). The zero-order valence-corrected chi connectivity index (χ0v) is 17.8. The SMILES string of the molecule is CCOC(=O)C1(O)CCN(CC(=O)Nc2ncc(Cc3ccccc3Cl)s2)CC1. The van der Waals surface area contributed by atoms with E-state index in [0.29, 0.717) is 29.7 Å². The van der Waals surface area contributed by atoms with Gasteiger partial charge in [0.1, 0.15) is 0 Å². The van der Waals surface area contributed by atoms with Gasteiger partial charge in [-0.3, -0.25) is 9.69 Å². The molecule has 1 saturated heterocycles. The summed E-state index contributed by atoms with van der Waals surface area (Å²) in [5, 5.41) is 14.4. The molecule has 0 aliphatic carbocycles. The van der Waals surface area contributed by atoms with Crippen molar-refractivity contribution in [3.05, 3.63) is 45.9 Å². The lowest BCUT2D eigenvalue weighted by atomic mass is 9.91. The predicted molar refractivity (Wildman–Crippen MR) is 112 cm³/mol. The molecule has 29 heavy (non-hydrogen) atoms. The first-order valence-corrected chi connectivity index (χ1v) is 10.7. The third kappa shape index (κ3) is 5.76. The largest absolute Gasteiger partial charge is 0.464 e. The first-order chi connectivity index (χ1) is 13.9. The van der Waals surface area contributed by atoms with Gasteiger partial charge in [-0.1, -0.05) is 29.8 Å². The number of thiazole rings is 1. The number of carbonyl (C=O) groups is 2. The summed E-state index contributed by atoms with van der Waals surface area (Å²) in [4.78, 5) is 31.4. The number of rotatable bonds is 7. The van der Waals surface area contributed by atoms with E-state index in [1.54, 1.807) is 13.1 Å². The molecule has 0 bridgehead atoms. The van der Waals surface area contributed by atoms with Gasteiger partial charge in [-0.15, -0.1) is 11.3 Å². The van der Waals surface area contributed by atoms with E-state index >= 15 is 0 Å². The summed E-state index contributed by atoms with van der Waals surface area (Å²) >= 11 is 7.61. The average Bonchev–Trinajstić information content (AvgIpc) is 3.12. The fourth-order valence-electron chi connectivity index (χ4n) is 3.19. The summed E-state index contributed by atoms with van der Waals surface area (Å²) in [5.41, 5.74) is -0.440. The molecule has 2 heterocycles. The van der Waals surface area contributed by atoms with Gasteiger partial charge in [0.05, 0.1) is 13.2 Å². The van der Waals surface area contributed by atoms with Crippen LogP contribution in [0.25, 0.3) is 0 Å². The van der Waals surface area contributed by atoms with E-state index in [0.717, 1.165) is 10.4 Å². The molecule has 156 valence electrons. The first kappa shape index (κ1) is 21.7. The third-order valence-corrected chi connectivity index (χ3v) is 6.11. The topological polar surface area (TPSA) is 91.8 Å². The van der Waals surface area contributed by atoms with Crippen LogP contribution in [-0.4, -0.2) is 58.7 Å². The Bertz CT molecular complexity index is 865. The highest BCUT2D eigenvalue weighted by atomic mass is 35.5. The van der Waals surface area contributed by atoms with Crippen LogP contribution in [0.3, 0.4) is 0 Å². The normalized spacial score (nSPS) is 16.4. The quantitative estimate of drug-likeness (QED) is 0.647. The van der Waals surface area contributed by atoms with Gasteiger partial charge in [0.25, 0.3) is 0 Å². The van der Waals surface area contributed by atoms with E-state index in [4.69, 9.17) is 16.3 Å². The Morgan fingerprint density at radius 1 is 1.34 bits per heavy atom. The van der Waals surface area contributed by atoms with Crippen molar-refractivity contribution in [2.75, 3.05) is 31.6 Å². The lowest BCUT2D eigenvalue weighted by molar-refractivity contribution is -0.170. The monoisotopic (exact) mass is 437 g/mol. The molecule has 2 N–H and O–H groups in total. The molecule has 1 fully saturated rings. The molecule has 1 aromatic carbocycles. The second-order valence-electron chi connectivity index (χ2n) is 6.98. The van der Waals surface area contributed by atoms with Crippen LogP contribution in [0.1, 0.15) is 30.2 Å². The minimum atomic E-state index is -1.45. The van der Waals surface area contributed by atoms with Crippen LogP contribution >= 0.6 is 22.9 Å².